The van der Waals surface area contributed by atoms with Gasteiger partial charge in [-0.2, -0.15) is 0 Å². The van der Waals surface area contributed by atoms with Crippen LogP contribution in [-0.4, -0.2) is 40.8 Å². The van der Waals surface area contributed by atoms with Crippen molar-refractivity contribution in [1.29, 1.82) is 0 Å². The van der Waals surface area contributed by atoms with Gasteiger partial charge in [-0.15, -0.1) is 0 Å². The molecule has 2 aromatic rings. The Morgan fingerprint density at radius 3 is 2.81 bits per heavy atom. The van der Waals surface area contributed by atoms with E-state index < -0.39 is 0 Å². The van der Waals surface area contributed by atoms with Crippen LogP contribution in [0.4, 0.5) is 0 Å². The van der Waals surface area contributed by atoms with Crippen LogP contribution in [0.1, 0.15) is 23.0 Å². The largest absolute Gasteiger partial charge is 0.471 e. The molecule has 0 saturated carbocycles. The number of aliphatic hydroxyl groups is 1. The fourth-order valence-corrected chi connectivity index (χ4v) is 1.84. The van der Waals surface area contributed by atoms with Crippen LogP contribution in [0.15, 0.2) is 40.9 Å². The van der Waals surface area contributed by atoms with E-state index in [1.807, 2.05) is 37.3 Å². The molecule has 0 radical (unpaired) electrons. The van der Waals surface area contributed by atoms with Crippen molar-refractivity contribution in [3.05, 3.63) is 47.7 Å². The molecule has 1 amide bonds. The van der Waals surface area contributed by atoms with Gasteiger partial charge in [0.05, 0.1) is 12.7 Å². The molecule has 0 fully saturated rings. The van der Waals surface area contributed by atoms with E-state index in [0.717, 1.165) is 5.56 Å². The molecular formula is C15H18N2O4. The zero-order valence-electron chi connectivity index (χ0n) is 11.9. The Morgan fingerprint density at radius 1 is 1.38 bits per heavy atom. The Hall–Kier alpha value is -2.34. The van der Waals surface area contributed by atoms with Gasteiger partial charge in [0.1, 0.15) is 6.61 Å². The summed E-state index contributed by atoms with van der Waals surface area (Å²) in [7, 11) is 0. The van der Waals surface area contributed by atoms with Gasteiger partial charge < -0.3 is 19.3 Å². The Balaban J connectivity index is 1.96. The summed E-state index contributed by atoms with van der Waals surface area (Å²) in [6.45, 7) is 2.84. The van der Waals surface area contributed by atoms with Crippen molar-refractivity contribution in [2.24, 2.45) is 0 Å². The second-order valence-corrected chi connectivity index (χ2v) is 4.41. The first-order chi connectivity index (χ1) is 10.2. The molecule has 2 rings (SSSR count). The van der Waals surface area contributed by atoms with Gasteiger partial charge in [0.15, 0.2) is 0 Å². The van der Waals surface area contributed by atoms with Gasteiger partial charge >= 0.3 is 0 Å². The molecule has 21 heavy (non-hydrogen) atoms. The standard InChI is InChI=1S/C15H18N2O4/c1-2-17(8-9-18)15(19)13-10-14(16-21-13)20-11-12-6-4-3-5-7-12/h3-7,10,18H,2,8-9,11H2,1H3. The highest BCUT2D eigenvalue weighted by atomic mass is 16.5. The molecule has 0 spiro atoms. The third-order valence-corrected chi connectivity index (χ3v) is 2.97. The first kappa shape index (κ1) is 15.1. The van der Waals surface area contributed by atoms with Crippen LogP contribution in [0.2, 0.25) is 0 Å². The van der Waals surface area contributed by atoms with Crippen LogP contribution < -0.4 is 4.74 Å². The summed E-state index contributed by atoms with van der Waals surface area (Å²) in [6.07, 6.45) is 0. The Kier molecular flexibility index (Phi) is 5.34. The van der Waals surface area contributed by atoms with E-state index in [-0.39, 0.29) is 30.7 Å². The molecule has 1 aromatic heterocycles. The zero-order valence-corrected chi connectivity index (χ0v) is 11.9. The number of aromatic nitrogens is 1. The van der Waals surface area contributed by atoms with Gasteiger partial charge in [0.2, 0.25) is 5.76 Å². The number of rotatable bonds is 7. The molecule has 112 valence electrons. The molecule has 0 aliphatic heterocycles. The number of aliphatic hydroxyl groups excluding tert-OH is 1. The predicted octanol–water partition coefficient (Wildman–Crippen LogP) is 1.71. The van der Waals surface area contributed by atoms with E-state index in [1.165, 1.54) is 11.0 Å². The number of hydrogen-bond acceptors (Lipinski definition) is 5. The maximum absolute atomic E-state index is 12.1. The first-order valence-corrected chi connectivity index (χ1v) is 6.78. The van der Waals surface area contributed by atoms with Gasteiger partial charge in [-0.25, -0.2) is 0 Å². The number of nitrogens with zero attached hydrogens (tertiary/aromatic N) is 2. The van der Waals surface area contributed by atoms with Crippen molar-refractivity contribution < 1.29 is 19.2 Å². The van der Waals surface area contributed by atoms with Gasteiger partial charge in [-0.3, -0.25) is 4.79 Å². The Labute approximate surface area is 122 Å². The Bertz CT molecular complexity index is 568. The monoisotopic (exact) mass is 290 g/mol. The average Bonchev–Trinajstić information content (AvgIpc) is 3.00. The number of hydrogen-bond donors (Lipinski definition) is 1. The molecule has 0 bridgehead atoms. The summed E-state index contributed by atoms with van der Waals surface area (Å²) in [6, 6.07) is 11.1. The molecule has 0 aliphatic carbocycles. The van der Waals surface area contributed by atoms with E-state index in [9.17, 15) is 4.79 Å². The van der Waals surface area contributed by atoms with Gasteiger partial charge in [0.25, 0.3) is 11.8 Å². The number of ether oxygens (including phenoxy) is 1. The molecule has 0 unspecified atom stereocenters. The van der Waals surface area contributed by atoms with E-state index >= 15 is 0 Å². The van der Waals surface area contributed by atoms with E-state index in [2.05, 4.69) is 5.16 Å². The van der Waals surface area contributed by atoms with Crippen LogP contribution in [0.3, 0.4) is 0 Å². The Morgan fingerprint density at radius 2 is 2.14 bits per heavy atom. The van der Waals surface area contributed by atoms with Crippen LogP contribution >= 0.6 is 0 Å². The SMILES string of the molecule is CCN(CCO)C(=O)c1cc(OCc2ccccc2)no1. The van der Waals surface area contributed by atoms with Gasteiger partial charge in [-0.1, -0.05) is 30.3 Å². The smallest absolute Gasteiger partial charge is 0.292 e. The zero-order chi connectivity index (χ0) is 15.1. The predicted molar refractivity (Wildman–Crippen MR) is 75.9 cm³/mol. The van der Waals surface area contributed by atoms with Crippen molar-refractivity contribution in [2.75, 3.05) is 19.7 Å². The lowest BCUT2D eigenvalue weighted by molar-refractivity contribution is 0.0690. The molecule has 1 aromatic carbocycles. The summed E-state index contributed by atoms with van der Waals surface area (Å²) >= 11 is 0. The topological polar surface area (TPSA) is 75.8 Å². The summed E-state index contributed by atoms with van der Waals surface area (Å²) < 4.78 is 10.5. The second kappa shape index (κ2) is 7.44. The van der Waals surface area contributed by atoms with Crippen molar-refractivity contribution in [3.8, 4) is 5.88 Å². The lowest BCUT2D eigenvalue weighted by atomic mass is 10.2. The normalized spacial score (nSPS) is 10.4. The molecule has 6 nitrogen and oxygen atoms in total. The first-order valence-electron chi connectivity index (χ1n) is 6.78. The second-order valence-electron chi connectivity index (χ2n) is 4.41. The lowest BCUT2D eigenvalue weighted by Gasteiger charge is -2.17. The molecule has 1 heterocycles. The molecule has 0 aliphatic rings. The lowest BCUT2D eigenvalue weighted by Crippen LogP contribution is -2.33. The quantitative estimate of drug-likeness (QED) is 0.840. The maximum atomic E-state index is 12.1. The maximum Gasteiger partial charge on any atom is 0.292 e. The highest BCUT2D eigenvalue weighted by molar-refractivity contribution is 5.91. The van der Waals surface area contributed by atoms with Crippen molar-refractivity contribution >= 4 is 5.91 Å². The van der Waals surface area contributed by atoms with E-state index in [0.29, 0.717) is 13.2 Å². The van der Waals surface area contributed by atoms with Crippen LogP contribution in [0.25, 0.3) is 0 Å². The van der Waals surface area contributed by atoms with Crippen LogP contribution in [-0.2, 0) is 6.61 Å². The van der Waals surface area contributed by atoms with Crippen molar-refractivity contribution in [2.45, 2.75) is 13.5 Å². The number of likely N-dealkylation sites (N-methyl/N-ethyl adjacent to an activating group) is 1. The van der Waals surface area contributed by atoms with E-state index in [1.54, 1.807) is 0 Å². The van der Waals surface area contributed by atoms with E-state index in [4.69, 9.17) is 14.4 Å². The fourth-order valence-electron chi connectivity index (χ4n) is 1.84. The van der Waals surface area contributed by atoms with Crippen LogP contribution in [0, 0.1) is 0 Å². The fraction of sp³-hybridized carbons (Fsp3) is 0.333. The molecule has 6 heteroatoms. The molecule has 1 N–H and O–H groups in total. The minimum atomic E-state index is -0.311. The number of amides is 1. The molecule has 0 atom stereocenters. The average molecular weight is 290 g/mol. The summed E-state index contributed by atoms with van der Waals surface area (Å²) in [5, 5.41) is 12.6. The summed E-state index contributed by atoms with van der Waals surface area (Å²) in [5.74, 6) is 0.0595. The third kappa shape index (κ3) is 4.06. The third-order valence-electron chi connectivity index (χ3n) is 2.97. The number of benzene rings is 1. The minimum absolute atomic E-state index is 0.0922. The van der Waals surface area contributed by atoms with Gasteiger partial charge in [-0.05, 0) is 17.6 Å². The highest BCUT2D eigenvalue weighted by Gasteiger charge is 2.19. The number of carbonyl (C=O) groups is 1. The summed E-state index contributed by atoms with van der Waals surface area (Å²) in [4.78, 5) is 13.6. The minimum Gasteiger partial charge on any atom is -0.471 e. The van der Waals surface area contributed by atoms with Crippen molar-refractivity contribution in [3.63, 3.8) is 0 Å². The summed E-state index contributed by atoms with van der Waals surface area (Å²) in [5.41, 5.74) is 1.00. The van der Waals surface area contributed by atoms with Gasteiger partial charge in [0, 0.05) is 13.1 Å². The van der Waals surface area contributed by atoms with Crippen molar-refractivity contribution in [1.82, 2.24) is 10.1 Å². The highest BCUT2D eigenvalue weighted by Crippen LogP contribution is 2.15. The molecule has 0 saturated heterocycles. The van der Waals surface area contributed by atoms with Crippen LogP contribution in [0.5, 0.6) is 5.88 Å². The molecular weight excluding hydrogens is 272 g/mol. The number of carbonyl (C=O) groups excluding carboxylic acids is 1.